The summed E-state index contributed by atoms with van der Waals surface area (Å²) in [6, 6.07) is 0. The van der Waals surface area contributed by atoms with Gasteiger partial charge in [-0.25, -0.2) is 8.37 Å². The maximum absolute atomic E-state index is 11.7. The Morgan fingerprint density at radius 3 is 1.52 bits per heavy atom. The van der Waals surface area contributed by atoms with Crippen LogP contribution in [0.15, 0.2) is 0 Å². The molecule has 4 N–H and O–H groups in total. The fourth-order valence-corrected chi connectivity index (χ4v) is 2.34. The van der Waals surface area contributed by atoms with Crippen LogP contribution in [-0.4, -0.2) is 46.8 Å². The Morgan fingerprint density at radius 1 is 0.810 bits per heavy atom. The molecule has 0 spiro atoms. The van der Waals surface area contributed by atoms with E-state index in [2.05, 4.69) is 21.7 Å². The molecule has 0 rings (SSSR count). The standard InChI is InChI=1S/C12H30N4O4S/c1-5-7-13-15-9-11(3)19-21(17,18)20-12(4)10-16-14-8-6-2/h11-16H,5-10H2,1-4H3. The smallest absolute Gasteiger partial charge is 0.258 e. The van der Waals surface area contributed by atoms with Crippen molar-refractivity contribution < 1.29 is 16.8 Å². The summed E-state index contributed by atoms with van der Waals surface area (Å²) < 4.78 is 33.2. The van der Waals surface area contributed by atoms with Crippen LogP contribution in [0.1, 0.15) is 40.5 Å². The van der Waals surface area contributed by atoms with Gasteiger partial charge in [-0.3, -0.25) is 21.7 Å². The average molecular weight is 326 g/mol. The highest BCUT2D eigenvalue weighted by Gasteiger charge is 2.20. The van der Waals surface area contributed by atoms with E-state index >= 15 is 0 Å². The van der Waals surface area contributed by atoms with Gasteiger partial charge < -0.3 is 0 Å². The van der Waals surface area contributed by atoms with Crippen LogP contribution in [0, 0.1) is 0 Å². The molecule has 21 heavy (non-hydrogen) atoms. The number of hydrazine groups is 2. The van der Waals surface area contributed by atoms with E-state index in [1.54, 1.807) is 13.8 Å². The van der Waals surface area contributed by atoms with Crippen molar-refractivity contribution in [2.45, 2.75) is 52.7 Å². The summed E-state index contributed by atoms with van der Waals surface area (Å²) in [6.45, 7) is 9.75. The van der Waals surface area contributed by atoms with Crippen molar-refractivity contribution >= 4 is 10.4 Å². The summed E-state index contributed by atoms with van der Waals surface area (Å²) in [5.41, 5.74) is 11.7. The van der Waals surface area contributed by atoms with E-state index in [1.807, 2.05) is 13.8 Å². The largest absolute Gasteiger partial charge is 0.400 e. The molecule has 0 aliphatic heterocycles. The third-order valence-electron chi connectivity index (χ3n) is 2.34. The molecule has 0 radical (unpaired) electrons. The topological polar surface area (TPSA) is 101 Å². The summed E-state index contributed by atoms with van der Waals surface area (Å²) in [4.78, 5) is 0. The second-order valence-corrected chi connectivity index (χ2v) is 6.04. The van der Waals surface area contributed by atoms with Crippen molar-refractivity contribution in [3.8, 4) is 0 Å². The van der Waals surface area contributed by atoms with Crippen LogP contribution in [0.3, 0.4) is 0 Å². The van der Waals surface area contributed by atoms with Crippen molar-refractivity contribution in [1.29, 1.82) is 0 Å². The van der Waals surface area contributed by atoms with Crippen molar-refractivity contribution in [3.63, 3.8) is 0 Å². The summed E-state index contributed by atoms with van der Waals surface area (Å²) in [5, 5.41) is 0. The van der Waals surface area contributed by atoms with Gasteiger partial charge >= 0.3 is 10.4 Å². The highest BCUT2D eigenvalue weighted by molar-refractivity contribution is 7.81. The van der Waals surface area contributed by atoms with Crippen molar-refractivity contribution in [1.82, 2.24) is 21.7 Å². The van der Waals surface area contributed by atoms with Gasteiger partial charge in [0, 0.05) is 26.2 Å². The van der Waals surface area contributed by atoms with Crippen LogP contribution in [0.4, 0.5) is 0 Å². The summed E-state index contributed by atoms with van der Waals surface area (Å²) in [5.74, 6) is 0. The second kappa shape index (κ2) is 12.3. The SMILES string of the molecule is CCCNNCC(C)OS(=O)(=O)OC(C)CNNCCC. The monoisotopic (exact) mass is 326 g/mol. The van der Waals surface area contributed by atoms with E-state index in [0.717, 1.165) is 25.9 Å². The molecule has 9 heteroatoms. The molecule has 0 aliphatic carbocycles. The first-order valence-corrected chi connectivity index (χ1v) is 8.77. The summed E-state index contributed by atoms with van der Waals surface area (Å²) >= 11 is 0. The number of nitrogens with one attached hydrogen (secondary N) is 4. The quantitative estimate of drug-likeness (QED) is 0.262. The van der Waals surface area contributed by atoms with Gasteiger partial charge in [-0.05, 0) is 26.7 Å². The molecule has 0 fully saturated rings. The van der Waals surface area contributed by atoms with Gasteiger partial charge in [-0.2, -0.15) is 8.42 Å². The Kier molecular flexibility index (Phi) is 12.1. The molecule has 0 bridgehead atoms. The van der Waals surface area contributed by atoms with Crippen molar-refractivity contribution in [3.05, 3.63) is 0 Å². The van der Waals surface area contributed by atoms with E-state index in [-0.39, 0.29) is 0 Å². The Balaban J connectivity index is 3.89. The van der Waals surface area contributed by atoms with E-state index in [9.17, 15) is 8.42 Å². The molecule has 0 aromatic heterocycles. The Labute approximate surface area is 128 Å². The van der Waals surface area contributed by atoms with Gasteiger partial charge in [-0.15, -0.1) is 0 Å². The van der Waals surface area contributed by atoms with Crippen LogP contribution < -0.4 is 21.7 Å². The average Bonchev–Trinajstić information content (AvgIpc) is 2.38. The molecule has 0 aromatic carbocycles. The molecule has 0 saturated heterocycles. The number of rotatable bonds is 14. The lowest BCUT2D eigenvalue weighted by molar-refractivity contribution is 0.132. The first-order valence-electron chi connectivity index (χ1n) is 7.44. The lowest BCUT2D eigenvalue weighted by Crippen LogP contribution is -2.41. The predicted molar refractivity (Wildman–Crippen MR) is 82.6 cm³/mol. The van der Waals surface area contributed by atoms with E-state index in [4.69, 9.17) is 8.37 Å². The van der Waals surface area contributed by atoms with Crippen LogP contribution >= 0.6 is 0 Å². The molecule has 0 aliphatic rings. The van der Waals surface area contributed by atoms with Gasteiger partial charge in [0.25, 0.3) is 0 Å². The van der Waals surface area contributed by atoms with Gasteiger partial charge in [0.05, 0.1) is 12.2 Å². The predicted octanol–water partition coefficient (Wildman–Crippen LogP) is 0.0498. The molecular weight excluding hydrogens is 296 g/mol. The lowest BCUT2D eigenvalue weighted by atomic mass is 10.4. The zero-order chi connectivity index (χ0) is 16.1. The summed E-state index contributed by atoms with van der Waals surface area (Å²) in [7, 11) is -4.00. The van der Waals surface area contributed by atoms with E-state index in [0.29, 0.717) is 13.1 Å². The molecule has 0 aromatic rings. The molecule has 0 amide bonds. The van der Waals surface area contributed by atoms with Crippen molar-refractivity contribution in [2.75, 3.05) is 26.2 Å². The van der Waals surface area contributed by atoms with Crippen LogP contribution in [0.5, 0.6) is 0 Å². The molecule has 2 atom stereocenters. The fourth-order valence-electron chi connectivity index (χ4n) is 1.35. The zero-order valence-electron chi connectivity index (χ0n) is 13.4. The maximum Gasteiger partial charge on any atom is 0.400 e. The maximum atomic E-state index is 11.7. The first-order chi connectivity index (χ1) is 9.91. The van der Waals surface area contributed by atoms with Crippen molar-refractivity contribution in [2.24, 2.45) is 0 Å². The second-order valence-electron chi connectivity index (χ2n) is 4.84. The first kappa shape index (κ1) is 20.7. The highest BCUT2D eigenvalue weighted by atomic mass is 32.3. The number of hydrogen-bond acceptors (Lipinski definition) is 8. The number of hydrogen-bond donors (Lipinski definition) is 4. The fraction of sp³-hybridized carbons (Fsp3) is 1.00. The Hall–Kier alpha value is -0.290. The van der Waals surface area contributed by atoms with Crippen LogP contribution in [-0.2, 0) is 18.8 Å². The third kappa shape index (κ3) is 13.1. The van der Waals surface area contributed by atoms with Crippen LogP contribution in [0.25, 0.3) is 0 Å². The normalized spacial score (nSPS) is 15.0. The molecule has 8 nitrogen and oxygen atoms in total. The summed E-state index contributed by atoms with van der Waals surface area (Å²) in [6.07, 6.45) is 0.941. The minimum Gasteiger partial charge on any atom is -0.258 e. The lowest BCUT2D eigenvalue weighted by Gasteiger charge is -2.17. The molecule has 0 heterocycles. The Bertz CT molecular complexity index is 314. The van der Waals surface area contributed by atoms with Crippen LogP contribution in [0.2, 0.25) is 0 Å². The van der Waals surface area contributed by atoms with Gasteiger partial charge in [-0.1, -0.05) is 13.8 Å². The molecule has 2 unspecified atom stereocenters. The molecular formula is C12H30N4O4S. The molecule has 128 valence electrons. The van der Waals surface area contributed by atoms with E-state index < -0.39 is 22.6 Å². The van der Waals surface area contributed by atoms with Gasteiger partial charge in [0.15, 0.2) is 0 Å². The zero-order valence-corrected chi connectivity index (χ0v) is 14.3. The van der Waals surface area contributed by atoms with Gasteiger partial charge in [0.2, 0.25) is 0 Å². The molecule has 0 saturated carbocycles. The van der Waals surface area contributed by atoms with Gasteiger partial charge in [0.1, 0.15) is 0 Å². The third-order valence-corrected chi connectivity index (χ3v) is 3.47. The van der Waals surface area contributed by atoms with E-state index in [1.165, 1.54) is 0 Å². The Morgan fingerprint density at radius 2 is 1.19 bits per heavy atom. The highest BCUT2D eigenvalue weighted by Crippen LogP contribution is 2.04. The minimum absolute atomic E-state index is 0.368. The minimum atomic E-state index is -4.00.